The van der Waals surface area contributed by atoms with Gasteiger partial charge in [-0.3, -0.25) is 0 Å². The third-order valence-electron chi connectivity index (χ3n) is 3.36. The van der Waals surface area contributed by atoms with Gasteiger partial charge in [-0.15, -0.1) is 11.6 Å². The maximum Gasteiger partial charge on any atom is 0.0510 e. The summed E-state index contributed by atoms with van der Waals surface area (Å²) in [5.41, 5.74) is 2.50. The number of nitrogens with zero attached hydrogens (tertiary/aromatic N) is 1. The van der Waals surface area contributed by atoms with E-state index in [-0.39, 0.29) is 0 Å². The van der Waals surface area contributed by atoms with Crippen molar-refractivity contribution in [1.29, 1.82) is 0 Å². The quantitative estimate of drug-likeness (QED) is 0.697. The molecular weight excluding hydrogens is 298 g/mol. The molecule has 0 aliphatic carbocycles. The Morgan fingerprint density at radius 1 is 1.06 bits per heavy atom. The molecule has 1 aliphatic rings. The molecule has 1 saturated heterocycles. The lowest BCUT2D eigenvalue weighted by Gasteiger charge is -2.28. The Bertz CT molecular complexity index is 359. The maximum absolute atomic E-state index is 5.85. The molecule has 1 fully saturated rings. The predicted molar refractivity (Wildman–Crippen MR) is 79.0 cm³/mol. The van der Waals surface area contributed by atoms with Crippen LogP contribution in [0.15, 0.2) is 22.7 Å². The van der Waals surface area contributed by atoms with Gasteiger partial charge in [-0.05, 0) is 46.5 Å². The molecule has 0 atom stereocenters. The lowest BCUT2D eigenvalue weighted by molar-refractivity contribution is 0.556. The van der Waals surface area contributed by atoms with Gasteiger partial charge >= 0.3 is 0 Å². The number of hydrogen-bond acceptors (Lipinski definition) is 1. The minimum Gasteiger partial charge on any atom is -0.371 e. The largest absolute Gasteiger partial charge is 0.371 e. The summed E-state index contributed by atoms with van der Waals surface area (Å²) in [6, 6.07) is 6.47. The van der Waals surface area contributed by atoms with Crippen LogP contribution in [0.25, 0.3) is 0 Å². The zero-order chi connectivity index (χ0) is 12.1. The lowest BCUT2D eigenvalue weighted by atomic mass is 10.1. The highest BCUT2D eigenvalue weighted by atomic mass is 79.9. The molecule has 0 radical (unpaired) electrons. The molecule has 94 valence electrons. The van der Waals surface area contributed by atoms with Gasteiger partial charge in [0.25, 0.3) is 0 Å². The van der Waals surface area contributed by atoms with E-state index in [1.54, 1.807) is 0 Å². The number of halogens is 2. The molecule has 1 aliphatic heterocycles. The normalized spacial score (nSPS) is 17.6. The number of hydrogen-bond donors (Lipinski definition) is 0. The monoisotopic (exact) mass is 315 g/mol. The molecule has 0 N–H and O–H groups in total. The fourth-order valence-corrected chi connectivity index (χ4v) is 3.22. The van der Waals surface area contributed by atoms with Crippen LogP contribution in [0, 0.1) is 0 Å². The van der Waals surface area contributed by atoms with Crippen LogP contribution in [-0.4, -0.2) is 13.1 Å². The molecule has 0 unspecified atom stereocenters. The van der Waals surface area contributed by atoms with Gasteiger partial charge in [-0.25, -0.2) is 0 Å². The summed E-state index contributed by atoms with van der Waals surface area (Å²) in [5.74, 6) is 0.582. The van der Waals surface area contributed by atoms with Crippen LogP contribution in [0.5, 0.6) is 0 Å². The smallest absolute Gasteiger partial charge is 0.0510 e. The summed E-state index contributed by atoms with van der Waals surface area (Å²) < 4.78 is 1.18. The van der Waals surface area contributed by atoms with Gasteiger partial charge < -0.3 is 4.90 Å². The molecule has 1 aromatic carbocycles. The number of benzene rings is 1. The fourth-order valence-electron chi connectivity index (χ4n) is 2.38. The Kier molecular flexibility index (Phi) is 5.17. The molecule has 1 aromatic rings. The van der Waals surface area contributed by atoms with Gasteiger partial charge in [0, 0.05) is 23.4 Å². The van der Waals surface area contributed by atoms with E-state index in [9.17, 15) is 0 Å². The Morgan fingerprint density at radius 2 is 1.71 bits per heavy atom. The Balaban J connectivity index is 2.13. The number of anilines is 1. The summed E-state index contributed by atoms with van der Waals surface area (Å²) in [6.45, 7) is 2.36. The SMILES string of the molecule is ClCc1ccc(N2CCCCCCC2)c(Br)c1. The second-order valence-corrected chi connectivity index (χ2v) is 5.80. The van der Waals surface area contributed by atoms with Crippen LogP contribution in [0.3, 0.4) is 0 Å². The van der Waals surface area contributed by atoms with Crippen molar-refractivity contribution in [2.75, 3.05) is 18.0 Å². The molecule has 2 rings (SSSR count). The molecule has 1 nitrogen and oxygen atoms in total. The lowest BCUT2D eigenvalue weighted by Crippen LogP contribution is -2.27. The first-order valence-electron chi connectivity index (χ1n) is 6.40. The predicted octanol–water partition coefficient (Wildman–Crippen LogP) is 4.96. The van der Waals surface area contributed by atoms with E-state index >= 15 is 0 Å². The third-order valence-corrected chi connectivity index (χ3v) is 4.31. The molecule has 3 heteroatoms. The van der Waals surface area contributed by atoms with E-state index in [0.29, 0.717) is 5.88 Å². The van der Waals surface area contributed by atoms with Crippen LogP contribution in [0.4, 0.5) is 5.69 Å². The number of rotatable bonds is 2. The first-order valence-corrected chi connectivity index (χ1v) is 7.73. The van der Waals surface area contributed by atoms with Crippen molar-refractivity contribution in [2.24, 2.45) is 0 Å². The van der Waals surface area contributed by atoms with E-state index in [1.807, 2.05) is 0 Å². The fraction of sp³-hybridized carbons (Fsp3) is 0.571. The maximum atomic E-state index is 5.85. The van der Waals surface area contributed by atoms with E-state index in [1.165, 1.54) is 60.9 Å². The van der Waals surface area contributed by atoms with Gasteiger partial charge in [0.2, 0.25) is 0 Å². The van der Waals surface area contributed by atoms with Crippen molar-refractivity contribution in [3.63, 3.8) is 0 Å². The molecular formula is C14H19BrClN. The molecule has 0 amide bonds. The van der Waals surface area contributed by atoms with Gasteiger partial charge in [-0.1, -0.05) is 25.3 Å². The van der Waals surface area contributed by atoms with Crippen molar-refractivity contribution in [2.45, 2.75) is 38.0 Å². The standard InChI is InChI=1S/C14H19BrClN/c15-13-10-12(11-16)6-7-14(13)17-8-4-2-1-3-5-9-17/h6-7,10H,1-5,8-9,11H2. The molecule has 1 heterocycles. The zero-order valence-corrected chi connectivity index (χ0v) is 12.4. The summed E-state index contributed by atoms with van der Waals surface area (Å²) in [6.07, 6.45) is 6.76. The minimum atomic E-state index is 0.582. The Labute approximate surface area is 117 Å². The Morgan fingerprint density at radius 3 is 2.29 bits per heavy atom. The Hall–Kier alpha value is -0.210. The molecule has 0 saturated carbocycles. The second kappa shape index (κ2) is 6.65. The van der Waals surface area contributed by atoms with Crippen LogP contribution in [0.1, 0.15) is 37.7 Å². The van der Waals surface area contributed by atoms with Crippen LogP contribution < -0.4 is 4.90 Å². The van der Waals surface area contributed by atoms with Crippen molar-refractivity contribution in [3.05, 3.63) is 28.2 Å². The van der Waals surface area contributed by atoms with Gasteiger partial charge in [0.05, 0.1) is 5.69 Å². The summed E-state index contributed by atoms with van der Waals surface area (Å²) in [7, 11) is 0. The third kappa shape index (κ3) is 3.62. The van der Waals surface area contributed by atoms with E-state index in [0.717, 1.165) is 0 Å². The summed E-state index contributed by atoms with van der Waals surface area (Å²) in [5, 5.41) is 0. The summed E-state index contributed by atoms with van der Waals surface area (Å²) in [4.78, 5) is 2.50. The molecule has 0 aromatic heterocycles. The highest BCUT2D eigenvalue weighted by Gasteiger charge is 2.12. The van der Waals surface area contributed by atoms with Gasteiger partial charge in [0.15, 0.2) is 0 Å². The van der Waals surface area contributed by atoms with Crippen molar-refractivity contribution >= 4 is 33.2 Å². The van der Waals surface area contributed by atoms with Crippen molar-refractivity contribution < 1.29 is 0 Å². The highest BCUT2D eigenvalue weighted by molar-refractivity contribution is 9.10. The summed E-state index contributed by atoms with van der Waals surface area (Å²) >= 11 is 9.52. The average Bonchev–Trinajstić information content (AvgIpc) is 2.29. The van der Waals surface area contributed by atoms with Crippen LogP contribution in [-0.2, 0) is 5.88 Å². The van der Waals surface area contributed by atoms with Gasteiger partial charge in [0.1, 0.15) is 0 Å². The second-order valence-electron chi connectivity index (χ2n) is 4.67. The van der Waals surface area contributed by atoms with Crippen LogP contribution in [0.2, 0.25) is 0 Å². The average molecular weight is 317 g/mol. The minimum absolute atomic E-state index is 0.582. The molecule has 0 spiro atoms. The first-order chi connectivity index (χ1) is 8.31. The van der Waals surface area contributed by atoms with E-state index in [4.69, 9.17) is 11.6 Å². The molecule has 17 heavy (non-hydrogen) atoms. The van der Waals surface area contributed by atoms with Crippen molar-refractivity contribution in [1.82, 2.24) is 0 Å². The van der Waals surface area contributed by atoms with Crippen LogP contribution >= 0.6 is 27.5 Å². The highest BCUT2D eigenvalue weighted by Crippen LogP contribution is 2.29. The van der Waals surface area contributed by atoms with Crippen molar-refractivity contribution in [3.8, 4) is 0 Å². The van der Waals surface area contributed by atoms with E-state index < -0.39 is 0 Å². The van der Waals surface area contributed by atoms with E-state index in [2.05, 4.69) is 39.0 Å². The topological polar surface area (TPSA) is 3.24 Å². The number of alkyl halides is 1. The van der Waals surface area contributed by atoms with Gasteiger partial charge in [-0.2, -0.15) is 0 Å². The zero-order valence-electron chi connectivity index (χ0n) is 10.1. The first kappa shape index (κ1) is 13.2. The molecule has 0 bridgehead atoms.